The van der Waals surface area contributed by atoms with Crippen molar-refractivity contribution in [2.24, 2.45) is 0 Å². The van der Waals surface area contributed by atoms with E-state index in [4.69, 9.17) is 0 Å². The van der Waals surface area contributed by atoms with Gasteiger partial charge in [-0.15, -0.1) is 0 Å². The number of nitrogens with zero attached hydrogens (tertiary/aromatic N) is 3. The molecule has 0 bridgehead atoms. The Kier molecular flexibility index (Phi) is 6.11. The number of para-hydroxylation sites is 1. The van der Waals surface area contributed by atoms with Gasteiger partial charge in [-0.05, 0) is 30.7 Å². The molecule has 0 aliphatic heterocycles. The fraction of sp³-hybridized carbons (Fsp3) is 0.250. The number of amides is 2. The lowest BCUT2D eigenvalue weighted by molar-refractivity contribution is -0.121. The molecule has 0 spiro atoms. The van der Waals surface area contributed by atoms with Crippen LogP contribution in [0.4, 0.5) is 5.69 Å². The number of rotatable bonds is 7. The third-order valence-electron chi connectivity index (χ3n) is 4.25. The first-order valence-corrected chi connectivity index (χ1v) is 8.96. The molecule has 8 heteroatoms. The summed E-state index contributed by atoms with van der Waals surface area (Å²) >= 11 is 0. The lowest BCUT2D eigenvalue weighted by atomic mass is 10.1. The second kappa shape index (κ2) is 8.90. The Balaban J connectivity index is 1.47. The molecule has 0 aliphatic rings. The van der Waals surface area contributed by atoms with Gasteiger partial charge in [0.2, 0.25) is 11.8 Å². The normalized spacial score (nSPS) is 10.6. The van der Waals surface area contributed by atoms with Crippen LogP contribution in [0.2, 0.25) is 0 Å². The molecule has 2 amide bonds. The summed E-state index contributed by atoms with van der Waals surface area (Å²) in [4.78, 5) is 44.6. The van der Waals surface area contributed by atoms with Gasteiger partial charge in [-0.2, -0.15) is 0 Å². The average Bonchev–Trinajstić information content (AvgIpc) is 2.69. The van der Waals surface area contributed by atoms with E-state index in [1.54, 1.807) is 30.6 Å². The van der Waals surface area contributed by atoms with Gasteiger partial charge in [-0.1, -0.05) is 12.1 Å². The number of carbonyl (C=O) groups is 2. The van der Waals surface area contributed by atoms with Crippen LogP contribution in [-0.4, -0.2) is 32.9 Å². The van der Waals surface area contributed by atoms with E-state index >= 15 is 0 Å². The standard InChI is InChI=1S/C20H21N5O3/c1-14-4-2-6-16-19(14)23-13-25(20(16)28)11-8-17(26)22-10-7-18(27)24-15-5-3-9-21-12-15/h2-6,9,12-13H,7-8,10-11H2,1H3,(H,22,26)(H,24,27). The van der Waals surface area contributed by atoms with Crippen molar-refractivity contribution >= 4 is 28.4 Å². The van der Waals surface area contributed by atoms with Crippen LogP contribution in [0, 0.1) is 6.92 Å². The first kappa shape index (κ1) is 19.2. The number of hydrogen-bond donors (Lipinski definition) is 2. The minimum Gasteiger partial charge on any atom is -0.356 e. The predicted octanol–water partition coefficient (Wildman–Crippen LogP) is 1.64. The Morgan fingerprint density at radius 3 is 2.75 bits per heavy atom. The molecular formula is C20H21N5O3. The van der Waals surface area contributed by atoms with Crippen molar-refractivity contribution < 1.29 is 9.59 Å². The number of fused-ring (bicyclic) bond motifs is 1. The maximum absolute atomic E-state index is 12.5. The Labute approximate surface area is 161 Å². The first-order valence-electron chi connectivity index (χ1n) is 8.96. The van der Waals surface area contributed by atoms with Gasteiger partial charge in [0.15, 0.2) is 0 Å². The second-order valence-corrected chi connectivity index (χ2v) is 6.35. The SMILES string of the molecule is Cc1cccc2c(=O)n(CCC(=O)NCCC(=O)Nc3cccnc3)cnc12. The highest BCUT2D eigenvalue weighted by Gasteiger charge is 2.08. The molecule has 28 heavy (non-hydrogen) atoms. The van der Waals surface area contributed by atoms with E-state index in [1.807, 2.05) is 19.1 Å². The summed E-state index contributed by atoms with van der Waals surface area (Å²) in [5, 5.41) is 5.92. The lowest BCUT2D eigenvalue weighted by Gasteiger charge is -2.09. The van der Waals surface area contributed by atoms with Crippen molar-refractivity contribution in [3.05, 3.63) is 65.0 Å². The maximum Gasteiger partial charge on any atom is 0.261 e. The van der Waals surface area contributed by atoms with E-state index in [1.165, 1.54) is 10.9 Å². The molecule has 2 N–H and O–H groups in total. The summed E-state index contributed by atoms with van der Waals surface area (Å²) in [5.74, 6) is -0.441. The summed E-state index contributed by atoms with van der Waals surface area (Å²) in [5.41, 5.74) is 2.05. The van der Waals surface area contributed by atoms with Gasteiger partial charge in [0.05, 0.1) is 29.1 Å². The summed E-state index contributed by atoms with van der Waals surface area (Å²) in [6, 6.07) is 8.91. The first-order chi connectivity index (χ1) is 13.5. The molecule has 0 saturated heterocycles. The molecule has 0 radical (unpaired) electrons. The van der Waals surface area contributed by atoms with Crippen LogP contribution >= 0.6 is 0 Å². The fourth-order valence-electron chi connectivity index (χ4n) is 2.78. The molecule has 0 fully saturated rings. The summed E-state index contributed by atoms with van der Waals surface area (Å²) in [6.45, 7) is 2.34. The third-order valence-corrected chi connectivity index (χ3v) is 4.25. The van der Waals surface area contributed by atoms with Gasteiger partial charge in [-0.25, -0.2) is 4.98 Å². The van der Waals surface area contributed by atoms with Crippen LogP contribution in [0.3, 0.4) is 0 Å². The van der Waals surface area contributed by atoms with Gasteiger partial charge in [0.25, 0.3) is 5.56 Å². The Hall–Kier alpha value is -3.55. The molecule has 3 rings (SSSR count). The molecule has 1 aromatic carbocycles. The zero-order chi connectivity index (χ0) is 19.9. The summed E-state index contributed by atoms with van der Waals surface area (Å²) in [7, 11) is 0. The second-order valence-electron chi connectivity index (χ2n) is 6.35. The van der Waals surface area contributed by atoms with E-state index in [2.05, 4.69) is 20.6 Å². The van der Waals surface area contributed by atoms with Gasteiger partial charge < -0.3 is 10.6 Å². The Morgan fingerprint density at radius 2 is 1.96 bits per heavy atom. The lowest BCUT2D eigenvalue weighted by Crippen LogP contribution is -2.30. The van der Waals surface area contributed by atoms with Gasteiger partial charge in [0, 0.05) is 32.1 Å². The van der Waals surface area contributed by atoms with Gasteiger partial charge in [-0.3, -0.25) is 23.9 Å². The molecular weight excluding hydrogens is 358 g/mol. The van der Waals surface area contributed by atoms with Crippen LogP contribution in [0.15, 0.2) is 53.8 Å². The quantitative estimate of drug-likeness (QED) is 0.649. The molecule has 3 aromatic rings. The van der Waals surface area contributed by atoms with Crippen LogP contribution in [-0.2, 0) is 16.1 Å². The van der Waals surface area contributed by atoms with Crippen molar-refractivity contribution in [2.75, 3.05) is 11.9 Å². The number of pyridine rings is 1. The highest BCUT2D eigenvalue weighted by Crippen LogP contribution is 2.11. The molecule has 0 saturated carbocycles. The molecule has 0 unspecified atom stereocenters. The van der Waals surface area contributed by atoms with E-state index < -0.39 is 0 Å². The van der Waals surface area contributed by atoms with E-state index in [0.29, 0.717) is 16.6 Å². The Bertz CT molecular complexity index is 1050. The van der Waals surface area contributed by atoms with Crippen molar-refractivity contribution in [2.45, 2.75) is 26.3 Å². The monoisotopic (exact) mass is 379 g/mol. The topological polar surface area (TPSA) is 106 Å². The highest BCUT2D eigenvalue weighted by atomic mass is 16.2. The minimum atomic E-state index is -0.231. The largest absolute Gasteiger partial charge is 0.356 e. The average molecular weight is 379 g/mol. The number of aromatic nitrogens is 3. The fourth-order valence-corrected chi connectivity index (χ4v) is 2.78. The predicted molar refractivity (Wildman–Crippen MR) is 106 cm³/mol. The van der Waals surface area contributed by atoms with Crippen molar-refractivity contribution in [3.8, 4) is 0 Å². The molecule has 0 aliphatic carbocycles. The van der Waals surface area contributed by atoms with Crippen LogP contribution in [0.25, 0.3) is 10.9 Å². The van der Waals surface area contributed by atoms with Crippen LogP contribution in [0.5, 0.6) is 0 Å². The number of nitrogens with one attached hydrogen (secondary N) is 2. The van der Waals surface area contributed by atoms with Crippen LogP contribution < -0.4 is 16.2 Å². The number of hydrogen-bond acceptors (Lipinski definition) is 5. The summed E-state index contributed by atoms with van der Waals surface area (Å²) < 4.78 is 1.43. The number of anilines is 1. The van der Waals surface area contributed by atoms with Gasteiger partial charge in [0.1, 0.15) is 0 Å². The summed E-state index contributed by atoms with van der Waals surface area (Å²) in [6.07, 6.45) is 4.91. The molecule has 0 atom stereocenters. The number of aryl methyl sites for hydroxylation is 2. The minimum absolute atomic E-state index is 0.128. The van der Waals surface area contributed by atoms with Crippen molar-refractivity contribution in [1.82, 2.24) is 19.9 Å². The molecule has 2 aromatic heterocycles. The highest BCUT2D eigenvalue weighted by molar-refractivity contribution is 5.91. The van der Waals surface area contributed by atoms with E-state index in [9.17, 15) is 14.4 Å². The third kappa shape index (κ3) is 4.79. The zero-order valence-electron chi connectivity index (χ0n) is 15.5. The van der Waals surface area contributed by atoms with E-state index in [-0.39, 0.29) is 43.3 Å². The smallest absolute Gasteiger partial charge is 0.261 e. The number of carbonyl (C=O) groups excluding carboxylic acids is 2. The molecule has 8 nitrogen and oxygen atoms in total. The molecule has 144 valence electrons. The molecule has 2 heterocycles. The van der Waals surface area contributed by atoms with E-state index in [0.717, 1.165) is 5.56 Å². The van der Waals surface area contributed by atoms with Gasteiger partial charge >= 0.3 is 0 Å². The Morgan fingerprint density at radius 1 is 1.11 bits per heavy atom. The van der Waals surface area contributed by atoms with Crippen molar-refractivity contribution in [1.29, 1.82) is 0 Å². The maximum atomic E-state index is 12.5. The van der Waals surface area contributed by atoms with Crippen molar-refractivity contribution in [3.63, 3.8) is 0 Å². The zero-order valence-corrected chi connectivity index (χ0v) is 15.5. The van der Waals surface area contributed by atoms with Crippen LogP contribution in [0.1, 0.15) is 18.4 Å². The number of benzene rings is 1.